The zero-order chi connectivity index (χ0) is 13.5. The van der Waals surface area contributed by atoms with Gasteiger partial charge in [0.2, 0.25) is 10.0 Å². The Bertz CT molecular complexity index is 685. The number of hydrogen-bond acceptors (Lipinski definition) is 3. The van der Waals surface area contributed by atoms with Crippen LogP contribution in [0.25, 0.3) is 5.69 Å². The van der Waals surface area contributed by atoms with Crippen molar-refractivity contribution in [1.82, 2.24) is 9.78 Å². The monoisotopic (exact) mass is 265 g/mol. The van der Waals surface area contributed by atoms with Gasteiger partial charge in [0.1, 0.15) is 0 Å². The zero-order valence-corrected chi connectivity index (χ0v) is 11.3. The Morgan fingerprint density at radius 3 is 2.06 bits per heavy atom. The van der Waals surface area contributed by atoms with Crippen LogP contribution in [-0.4, -0.2) is 18.2 Å². The molecule has 5 nitrogen and oxygen atoms in total. The van der Waals surface area contributed by atoms with E-state index in [1.807, 2.05) is 20.8 Å². The Kier molecular flexibility index (Phi) is 3.00. The molecule has 0 radical (unpaired) electrons. The molecule has 0 aliphatic rings. The fourth-order valence-corrected chi connectivity index (χ4v) is 2.26. The zero-order valence-electron chi connectivity index (χ0n) is 10.5. The Hall–Kier alpha value is -1.66. The first-order valence-electron chi connectivity index (χ1n) is 5.47. The highest BCUT2D eigenvalue weighted by molar-refractivity contribution is 7.89. The fourth-order valence-electron chi connectivity index (χ4n) is 1.75. The lowest BCUT2D eigenvalue weighted by atomic mass is 10.2. The normalized spacial score (nSPS) is 11.8. The third-order valence-electron chi connectivity index (χ3n) is 3.06. The molecule has 0 spiro atoms. The van der Waals surface area contributed by atoms with Crippen molar-refractivity contribution in [1.29, 1.82) is 0 Å². The molecule has 1 heterocycles. The molecule has 0 atom stereocenters. The number of aryl methyl sites for hydroxylation is 1. The van der Waals surface area contributed by atoms with Crippen LogP contribution in [-0.2, 0) is 10.0 Å². The number of primary sulfonamides is 1. The molecule has 0 aliphatic carbocycles. The first-order chi connectivity index (χ1) is 8.30. The van der Waals surface area contributed by atoms with Gasteiger partial charge in [0.25, 0.3) is 0 Å². The molecule has 0 aliphatic heterocycles. The van der Waals surface area contributed by atoms with E-state index in [1.165, 1.54) is 12.1 Å². The highest BCUT2D eigenvalue weighted by atomic mass is 32.2. The van der Waals surface area contributed by atoms with Gasteiger partial charge in [0, 0.05) is 5.69 Å². The predicted octanol–water partition coefficient (Wildman–Crippen LogP) is 1.44. The maximum absolute atomic E-state index is 11.2. The summed E-state index contributed by atoms with van der Waals surface area (Å²) < 4.78 is 24.1. The van der Waals surface area contributed by atoms with E-state index < -0.39 is 10.0 Å². The average Bonchev–Trinajstić information content (AvgIpc) is 2.56. The van der Waals surface area contributed by atoms with Crippen molar-refractivity contribution in [2.75, 3.05) is 0 Å². The van der Waals surface area contributed by atoms with Gasteiger partial charge in [0.05, 0.1) is 16.3 Å². The molecule has 18 heavy (non-hydrogen) atoms. The summed E-state index contributed by atoms with van der Waals surface area (Å²) in [6.45, 7) is 5.92. The molecule has 0 unspecified atom stereocenters. The van der Waals surface area contributed by atoms with Gasteiger partial charge < -0.3 is 0 Å². The second-order valence-corrected chi connectivity index (χ2v) is 5.81. The molecule has 0 bridgehead atoms. The molecule has 96 valence electrons. The van der Waals surface area contributed by atoms with E-state index in [1.54, 1.807) is 16.8 Å². The number of rotatable bonds is 2. The lowest BCUT2D eigenvalue weighted by Crippen LogP contribution is -2.12. The smallest absolute Gasteiger partial charge is 0.238 e. The molecule has 2 N–H and O–H groups in total. The van der Waals surface area contributed by atoms with E-state index in [9.17, 15) is 8.42 Å². The minimum absolute atomic E-state index is 0.101. The molecule has 2 aromatic rings. The molecule has 2 rings (SSSR count). The van der Waals surface area contributed by atoms with Gasteiger partial charge in [-0.3, -0.25) is 0 Å². The largest absolute Gasteiger partial charge is 0.238 e. The molecular formula is C12H15N3O2S. The minimum Gasteiger partial charge on any atom is -0.238 e. The van der Waals surface area contributed by atoms with Gasteiger partial charge in [-0.05, 0) is 50.6 Å². The molecule has 0 saturated carbocycles. The van der Waals surface area contributed by atoms with Crippen molar-refractivity contribution in [3.05, 3.63) is 41.2 Å². The summed E-state index contributed by atoms with van der Waals surface area (Å²) in [5.74, 6) is 0. The Balaban J connectivity index is 2.50. The molecule has 6 heteroatoms. The number of nitrogens with two attached hydrogens (primary N) is 1. The summed E-state index contributed by atoms with van der Waals surface area (Å²) in [6.07, 6.45) is 0. The highest BCUT2D eigenvalue weighted by Gasteiger charge is 2.11. The summed E-state index contributed by atoms with van der Waals surface area (Å²) in [5.41, 5.74) is 3.94. The third kappa shape index (κ3) is 2.16. The molecule has 1 aromatic heterocycles. The van der Waals surface area contributed by atoms with Gasteiger partial charge in [-0.25, -0.2) is 18.2 Å². The maximum atomic E-state index is 11.2. The van der Waals surface area contributed by atoms with Crippen LogP contribution in [0.1, 0.15) is 17.0 Å². The van der Waals surface area contributed by atoms with Crippen LogP contribution in [0.4, 0.5) is 0 Å². The van der Waals surface area contributed by atoms with Gasteiger partial charge in [-0.1, -0.05) is 0 Å². The fraction of sp³-hybridized carbons (Fsp3) is 0.250. The molecule has 0 amide bonds. The van der Waals surface area contributed by atoms with E-state index in [2.05, 4.69) is 5.10 Å². The number of hydrogen-bond donors (Lipinski definition) is 1. The third-order valence-corrected chi connectivity index (χ3v) is 3.99. The van der Waals surface area contributed by atoms with Crippen LogP contribution >= 0.6 is 0 Å². The summed E-state index contributed by atoms with van der Waals surface area (Å²) in [5, 5.41) is 9.46. The molecule has 0 saturated heterocycles. The SMILES string of the molecule is Cc1nn(-c2ccc(S(N)(=O)=O)cc2)c(C)c1C. The van der Waals surface area contributed by atoms with Crippen LogP contribution in [0.15, 0.2) is 29.2 Å². The second-order valence-electron chi connectivity index (χ2n) is 4.25. The van der Waals surface area contributed by atoms with E-state index in [-0.39, 0.29) is 4.90 Å². The first-order valence-corrected chi connectivity index (χ1v) is 7.01. The highest BCUT2D eigenvalue weighted by Crippen LogP contribution is 2.18. The van der Waals surface area contributed by atoms with Crippen molar-refractivity contribution < 1.29 is 8.42 Å². The Morgan fingerprint density at radius 2 is 1.67 bits per heavy atom. The summed E-state index contributed by atoms with van der Waals surface area (Å²) in [6, 6.07) is 6.35. The van der Waals surface area contributed by atoms with Crippen molar-refractivity contribution in [3.8, 4) is 5.69 Å². The van der Waals surface area contributed by atoms with Crippen molar-refractivity contribution in [3.63, 3.8) is 0 Å². The van der Waals surface area contributed by atoms with Gasteiger partial charge in [-0.2, -0.15) is 5.10 Å². The predicted molar refractivity (Wildman–Crippen MR) is 69.1 cm³/mol. The molecular weight excluding hydrogens is 250 g/mol. The van der Waals surface area contributed by atoms with E-state index >= 15 is 0 Å². The first kappa shape index (κ1) is 12.8. The van der Waals surface area contributed by atoms with Crippen LogP contribution in [0.3, 0.4) is 0 Å². The number of aromatic nitrogens is 2. The summed E-state index contributed by atoms with van der Waals surface area (Å²) in [4.78, 5) is 0.101. The number of benzene rings is 1. The van der Waals surface area contributed by atoms with Gasteiger partial charge in [0.15, 0.2) is 0 Å². The second kappa shape index (κ2) is 4.22. The standard InChI is InChI=1S/C12H15N3O2S/c1-8-9(2)14-15(10(8)3)11-4-6-12(7-5-11)18(13,16)17/h4-7H,1-3H3,(H2,13,16,17). The van der Waals surface area contributed by atoms with Gasteiger partial charge >= 0.3 is 0 Å². The van der Waals surface area contributed by atoms with Crippen LogP contribution in [0.5, 0.6) is 0 Å². The molecule has 1 aromatic carbocycles. The molecule has 0 fully saturated rings. The number of sulfonamides is 1. The van der Waals surface area contributed by atoms with Crippen molar-refractivity contribution in [2.24, 2.45) is 5.14 Å². The minimum atomic E-state index is -3.64. The van der Waals surface area contributed by atoms with Crippen molar-refractivity contribution in [2.45, 2.75) is 25.7 Å². The van der Waals surface area contributed by atoms with Crippen molar-refractivity contribution >= 4 is 10.0 Å². The van der Waals surface area contributed by atoms with Crippen LogP contribution < -0.4 is 5.14 Å². The Labute approximate surface area is 106 Å². The van der Waals surface area contributed by atoms with Crippen LogP contribution in [0.2, 0.25) is 0 Å². The van der Waals surface area contributed by atoms with E-state index in [0.29, 0.717) is 0 Å². The van der Waals surface area contributed by atoms with E-state index in [4.69, 9.17) is 5.14 Å². The van der Waals surface area contributed by atoms with Crippen LogP contribution in [0, 0.1) is 20.8 Å². The Morgan fingerprint density at radius 1 is 1.11 bits per heavy atom. The lowest BCUT2D eigenvalue weighted by molar-refractivity contribution is 0.598. The van der Waals surface area contributed by atoms with Gasteiger partial charge in [-0.15, -0.1) is 0 Å². The quantitative estimate of drug-likeness (QED) is 0.892. The number of nitrogens with zero attached hydrogens (tertiary/aromatic N) is 2. The lowest BCUT2D eigenvalue weighted by Gasteiger charge is -2.05. The summed E-state index contributed by atoms with van der Waals surface area (Å²) in [7, 11) is -3.64. The van der Waals surface area contributed by atoms with E-state index in [0.717, 1.165) is 22.6 Å². The topological polar surface area (TPSA) is 78.0 Å². The average molecular weight is 265 g/mol. The summed E-state index contributed by atoms with van der Waals surface area (Å²) >= 11 is 0. The maximum Gasteiger partial charge on any atom is 0.238 e.